The van der Waals surface area contributed by atoms with Gasteiger partial charge in [-0.1, -0.05) is 19.6 Å². The minimum Gasteiger partial charge on any atom is -0.464 e. The van der Waals surface area contributed by atoms with E-state index in [4.69, 9.17) is 9.47 Å². The predicted molar refractivity (Wildman–Crippen MR) is 139 cm³/mol. The molecule has 0 spiro atoms. The summed E-state index contributed by atoms with van der Waals surface area (Å²) < 4.78 is 39.8. The number of hydrogen-bond donors (Lipinski definition) is 1. The fourth-order valence-electron chi connectivity index (χ4n) is 4.24. The molecule has 0 saturated heterocycles. The lowest BCUT2D eigenvalue weighted by Crippen LogP contribution is -2.22. The van der Waals surface area contributed by atoms with E-state index in [2.05, 4.69) is 24.6 Å². The Morgan fingerprint density at radius 3 is 2.58 bits per heavy atom. The van der Waals surface area contributed by atoms with Gasteiger partial charge in [0.2, 0.25) is 5.78 Å². The molecule has 0 amide bonds. The molecule has 2 aromatic carbocycles. The Bertz CT molecular complexity index is 1600. The van der Waals surface area contributed by atoms with Crippen molar-refractivity contribution in [1.82, 2.24) is 14.1 Å². The van der Waals surface area contributed by atoms with Gasteiger partial charge in [0.1, 0.15) is 12.5 Å². The van der Waals surface area contributed by atoms with Crippen LogP contribution in [0.4, 0.5) is 13.6 Å². The van der Waals surface area contributed by atoms with Gasteiger partial charge in [-0.3, -0.25) is 13.9 Å². The second kappa shape index (κ2) is 10.4. The summed E-state index contributed by atoms with van der Waals surface area (Å²) in [7, 11) is -1.39. The highest BCUT2D eigenvalue weighted by molar-refractivity contribution is 6.76. The minimum atomic E-state index is -3.22. The molecule has 2 aromatic heterocycles. The van der Waals surface area contributed by atoms with E-state index in [1.54, 1.807) is 19.1 Å². The monoisotopic (exact) mass is 540 g/mol. The number of fused-ring (bicyclic) bond motifs is 2. The van der Waals surface area contributed by atoms with Gasteiger partial charge in [0.25, 0.3) is 0 Å². The molecule has 0 radical (unpaired) electrons. The lowest BCUT2D eigenvalue weighted by Gasteiger charge is -2.17. The van der Waals surface area contributed by atoms with Crippen LogP contribution >= 0.6 is 0 Å². The Hall–Kier alpha value is -4.08. The fraction of sp³-hybridized carbons (Fsp3) is 0.308. The molecule has 0 aliphatic heterocycles. The number of alkyl halides is 2. The number of carbonyl (C=O) groups excluding carboxylic acids is 1. The maximum absolute atomic E-state index is 14.0. The third-order valence-electron chi connectivity index (χ3n) is 6.07. The summed E-state index contributed by atoms with van der Waals surface area (Å²) in [4.78, 5) is 30.2. The van der Waals surface area contributed by atoms with Crippen LogP contribution in [-0.4, -0.2) is 52.4 Å². The Morgan fingerprint density at radius 1 is 1.21 bits per heavy atom. The van der Waals surface area contributed by atoms with E-state index in [0.29, 0.717) is 28.8 Å². The van der Waals surface area contributed by atoms with E-state index in [0.717, 1.165) is 10.6 Å². The Balaban J connectivity index is 1.90. The summed E-state index contributed by atoms with van der Waals surface area (Å²) in [5.41, 5.74) is 1.46. The molecule has 0 unspecified atom stereocenters. The SMILES string of the molecule is Cc1cc(OC(F)F)c(C(=O)c2nc3cc(C#N)ccc3n2COCC[Si](C)(C)C)c2ccn(C(=O)O)c12. The molecule has 198 valence electrons. The van der Waals surface area contributed by atoms with Crippen molar-refractivity contribution >= 4 is 41.9 Å². The van der Waals surface area contributed by atoms with Crippen LogP contribution in [0, 0.1) is 18.3 Å². The lowest BCUT2D eigenvalue weighted by molar-refractivity contribution is -0.0500. The molecule has 0 fully saturated rings. The van der Waals surface area contributed by atoms with Gasteiger partial charge in [0.15, 0.2) is 5.82 Å². The quantitative estimate of drug-likeness (QED) is 0.161. The van der Waals surface area contributed by atoms with E-state index in [1.165, 1.54) is 29.0 Å². The van der Waals surface area contributed by atoms with Crippen molar-refractivity contribution in [3.8, 4) is 11.8 Å². The number of carbonyl (C=O) groups is 2. The number of aryl methyl sites for hydroxylation is 1. The first-order valence-electron chi connectivity index (χ1n) is 11.8. The zero-order valence-corrected chi connectivity index (χ0v) is 22.3. The van der Waals surface area contributed by atoms with Gasteiger partial charge in [0, 0.05) is 26.3 Å². The first-order valence-corrected chi connectivity index (χ1v) is 15.5. The van der Waals surface area contributed by atoms with Gasteiger partial charge in [-0.2, -0.15) is 14.0 Å². The van der Waals surface area contributed by atoms with Crippen molar-refractivity contribution in [3.05, 3.63) is 59.0 Å². The van der Waals surface area contributed by atoms with E-state index in [-0.39, 0.29) is 29.0 Å². The molecule has 0 bridgehead atoms. The van der Waals surface area contributed by atoms with Gasteiger partial charge < -0.3 is 14.6 Å². The second-order valence-corrected chi connectivity index (χ2v) is 15.7. The number of carboxylic acid groups (broad SMARTS) is 1. The Morgan fingerprint density at radius 2 is 1.95 bits per heavy atom. The number of ketones is 1. The highest BCUT2D eigenvalue weighted by atomic mass is 28.3. The number of halogens is 2. The summed E-state index contributed by atoms with van der Waals surface area (Å²) >= 11 is 0. The van der Waals surface area contributed by atoms with Crippen LogP contribution in [0.2, 0.25) is 25.7 Å². The van der Waals surface area contributed by atoms with Crippen LogP contribution in [0.1, 0.15) is 27.3 Å². The largest absolute Gasteiger partial charge is 0.464 e. The van der Waals surface area contributed by atoms with Crippen molar-refractivity contribution < 1.29 is 33.0 Å². The first-order chi connectivity index (χ1) is 17.9. The molecule has 12 heteroatoms. The smallest absolute Gasteiger partial charge is 0.416 e. The maximum Gasteiger partial charge on any atom is 0.416 e. The lowest BCUT2D eigenvalue weighted by atomic mass is 10.0. The molecule has 9 nitrogen and oxygen atoms in total. The third kappa shape index (κ3) is 5.29. The third-order valence-corrected chi connectivity index (χ3v) is 7.77. The molecule has 2 heterocycles. The summed E-state index contributed by atoms with van der Waals surface area (Å²) in [6.45, 7) is 5.36. The van der Waals surface area contributed by atoms with Gasteiger partial charge in [-0.05, 0) is 48.9 Å². The average Bonchev–Trinajstić information content (AvgIpc) is 3.43. The Labute approximate surface area is 217 Å². The minimum absolute atomic E-state index is 0.0376. The van der Waals surface area contributed by atoms with Crippen LogP contribution in [0.3, 0.4) is 0 Å². The first kappa shape index (κ1) is 27.0. The van der Waals surface area contributed by atoms with Crippen LogP contribution in [0.5, 0.6) is 5.75 Å². The number of imidazole rings is 1. The predicted octanol–water partition coefficient (Wildman–Crippen LogP) is 5.84. The molecule has 0 aliphatic rings. The van der Waals surface area contributed by atoms with Crippen LogP contribution in [0.15, 0.2) is 36.5 Å². The summed E-state index contributed by atoms with van der Waals surface area (Å²) in [6, 6.07) is 10.2. The summed E-state index contributed by atoms with van der Waals surface area (Å²) in [5.74, 6) is -1.26. The van der Waals surface area contributed by atoms with Crippen molar-refractivity contribution in [1.29, 1.82) is 5.26 Å². The molecular formula is C26H26F2N4O5Si. The van der Waals surface area contributed by atoms with Gasteiger partial charge in [0.05, 0.1) is 33.7 Å². The molecule has 1 N–H and O–H groups in total. The highest BCUT2D eigenvalue weighted by Gasteiger charge is 2.28. The van der Waals surface area contributed by atoms with E-state index in [1.807, 2.05) is 6.07 Å². The number of aromatic nitrogens is 3. The molecular weight excluding hydrogens is 514 g/mol. The summed E-state index contributed by atoms with van der Waals surface area (Å²) in [5, 5.41) is 19.0. The molecule has 38 heavy (non-hydrogen) atoms. The van der Waals surface area contributed by atoms with Gasteiger partial charge >= 0.3 is 12.7 Å². The highest BCUT2D eigenvalue weighted by Crippen LogP contribution is 2.35. The van der Waals surface area contributed by atoms with Crippen LogP contribution < -0.4 is 4.74 Å². The van der Waals surface area contributed by atoms with Crippen LogP contribution in [-0.2, 0) is 11.5 Å². The topological polar surface area (TPSA) is 119 Å². The average molecular weight is 541 g/mol. The zero-order chi connectivity index (χ0) is 27.8. The maximum atomic E-state index is 14.0. The summed E-state index contributed by atoms with van der Waals surface area (Å²) in [6.07, 6.45) is -0.0546. The molecule has 0 aliphatic carbocycles. The normalized spacial score (nSPS) is 11.8. The molecule has 0 saturated carbocycles. The van der Waals surface area contributed by atoms with Crippen LogP contribution in [0.25, 0.3) is 21.9 Å². The fourth-order valence-corrected chi connectivity index (χ4v) is 4.99. The number of ether oxygens (including phenoxy) is 2. The second-order valence-electron chi connectivity index (χ2n) is 10.0. The number of rotatable bonds is 9. The van der Waals surface area contributed by atoms with E-state index >= 15 is 0 Å². The van der Waals surface area contributed by atoms with Gasteiger partial charge in [-0.25, -0.2) is 9.78 Å². The molecule has 4 rings (SSSR count). The number of benzene rings is 2. The van der Waals surface area contributed by atoms with Crippen molar-refractivity contribution in [3.63, 3.8) is 0 Å². The molecule has 0 atom stereocenters. The van der Waals surface area contributed by atoms with E-state index in [9.17, 15) is 28.7 Å². The van der Waals surface area contributed by atoms with Gasteiger partial charge in [-0.15, -0.1) is 0 Å². The van der Waals surface area contributed by atoms with Crippen molar-refractivity contribution in [2.24, 2.45) is 0 Å². The number of nitrogens with zero attached hydrogens (tertiary/aromatic N) is 4. The van der Waals surface area contributed by atoms with Crippen molar-refractivity contribution in [2.45, 2.75) is 46.0 Å². The number of nitriles is 1. The molecule has 4 aromatic rings. The zero-order valence-electron chi connectivity index (χ0n) is 21.3. The standard InChI is InChI=1S/C26H26F2N4O5Si/c1-15-11-20(37-25(27)28)21(17-7-8-31(22(15)17)26(34)35)23(33)24-30-18-12-16(13-29)5-6-19(18)32(24)14-36-9-10-38(2,3)4/h5-8,11-12,25H,9-10,14H2,1-4H3,(H,34,35). The Kier molecular flexibility index (Phi) is 7.35. The number of hydrogen-bond acceptors (Lipinski definition) is 6. The van der Waals surface area contributed by atoms with Crippen molar-refractivity contribution in [2.75, 3.05) is 6.61 Å². The van der Waals surface area contributed by atoms with E-state index < -0.39 is 32.3 Å².